The smallest absolute Gasteiger partial charge is 0.305 e. The maximum absolute atomic E-state index is 13.7. The first kappa shape index (κ1) is 24.3. The lowest BCUT2D eigenvalue weighted by atomic mass is 9.91. The van der Waals surface area contributed by atoms with Gasteiger partial charge in [0.25, 0.3) is 10.0 Å². The van der Waals surface area contributed by atoms with Crippen LogP contribution < -0.4 is 9.04 Å². The van der Waals surface area contributed by atoms with Crippen molar-refractivity contribution in [2.45, 2.75) is 62.6 Å². The fourth-order valence-corrected chi connectivity index (χ4v) is 6.04. The van der Waals surface area contributed by atoms with Crippen molar-refractivity contribution in [2.75, 3.05) is 18.0 Å². The first-order valence-electron chi connectivity index (χ1n) is 11.6. The minimum atomic E-state index is -3.85. The van der Waals surface area contributed by atoms with Crippen LogP contribution in [0.15, 0.2) is 52.9 Å². The van der Waals surface area contributed by atoms with E-state index in [-0.39, 0.29) is 29.9 Å². The fourth-order valence-electron chi connectivity index (χ4n) is 4.43. The van der Waals surface area contributed by atoms with Crippen LogP contribution >= 0.6 is 0 Å². The highest BCUT2D eigenvalue weighted by Crippen LogP contribution is 2.39. The number of carbonyl (C=O) groups is 1. The Hall–Kier alpha value is -2.84. The van der Waals surface area contributed by atoms with Gasteiger partial charge in [0.1, 0.15) is 11.9 Å². The monoisotopic (exact) mass is 485 g/mol. The van der Waals surface area contributed by atoms with Gasteiger partial charge in [-0.05, 0) is 74.4 Å². The number of aliphatic hydroxyl groups is 1. The summed E-state index contributed by atoms with van der Waals surface area (Å²) in [6.07, 6.45) is 5.00. The average molecular weight is 486 g/mol. The quantitative estimate of drug-likeness (QED) is 0.616. The normalized spacial score (nSPS) is 20.3. The third-order valence-corrected chi connectivity index (χ3v) is 8.13. The number of sulfonamides is 1. The molecule has 0 radical (unpaired) electrons. The fraction of sp³-hybridized carbons (Fsp3) is 0.423. The van der Waals surface area contributed by atoms with Gasteiger partial charge < -0.3 is 14.6 Å². The molecule has 0 aromatic heterocycles. The van der Waals surface area contributed by atoms with Gasteiger partial charge in [0.2, 0.25) is 0 Å². The van der Waals surface area contributed by atoms with Crippen LogP contribution in [0.4, 0.5) is 5.69 Å². The number of fused-ring (bicyclic) bond motifs is 1. The molecule has 0 unspecified atom stereocenters. The molecule has 0 saturated heterocycles. The van der Waals surface area contributed by atoms with Gasteiger partial charge in [-0.3, -0.25) is 9.10 Å². The summed E-state index contributed by atoms with van der Waals surface area (Å²) in [4.78, 5) is 11.9. The molecule has 1 saturated carbocycles. The van der Waals surface area contributed by atoms with Crippen LogP contribution in [0, 0.1) is 6.92 Å². The van der Waals surface area contributed by atoms with Gasteiger partial charge in [0.15, 0.2) is 0 Å². The topological polar surface area (TPSA) is 93.1 Å². The first-order chi connectivity index (χ1) is 16.3. The van der Waals surface area contributed by atoms with Crippen LogP contribution in [0.5, 0.6) is 5.75 Å². The van der Waals surface area contributed by atoms with Crippen molar-refractivity contribution >= 4 is 27.8 Å². The lowest BCUT2D eigenvalue weighted by molar-refractivity contribution is -0.141. The number of aliphatic hydroxyl groups excluding tert-OH is 1. The summed E-state index contributed by atoms with van der Waals surface area (Å²) in [6.45, 7) is 1.96. The van der Waals surface area contributed by atoms with Crippen molar-refractivity contribution in [3.05, 3.63) is 59.2 Å². The lowest BCUT2D eigenvalue weighted by Crippen LogP contribution is -2.43. The second kappa shape index (κ2) is 10.2. The standard InChI is InChI=1S/C26H31NO6S/c1-18-4-3-5-23(14-18)34(30,31)27-17-22(11-13-26(29)32-2)33-25-12-8-20(16-24(25)27)15-19-6-9-21(28)10-7-19/h3-5,8,12,14-16,21-22,28H,6-7,9-11,13,17H2,1-2H3/t21?,22-/m0/s1. The molecule has 1 atom stereocenters. The molecule has 1 heterocycles. The third kappa shape index (κ3) is 5.45. The Morgan fingerprint density at radius 2 is 1.97 bits per heavy atom. The lowest BCUT2D eigenvalue weighted by Gasteiger charge is -2.35. The van der Waals surface area contributed by atoms with E-state index in [2.05, 4.69) is 6.08 Å². The number of hydrogen-bond acceptors (Lipinski definition) is 6. The van der Waals surface area contributed by atoms with Crippen LogP contribution in [-0.4, -0.2) is 45.4 Å². The highest BCUT2D eigenvalue weighted by Gasteiger charge is 2.35. The van der Waals surface area contributed by atoms with E-state index in [1.165, 1.54) is 17.0 Å². The Kier molecular flexibility index (Phi) is 7.28. The summed E-state index contributed by atoms with van der Waals surface area (Å²) >= 11 is 0. The van der Waals surface area contributed by atoms with Gasteiger partial charge in [-0.2, -0.15) is 0 Å². The molecule has 1 N–H and O–H groups in total. The molecule has 4 rings (SSSR count). The van der Waals surface area contributed by atoms with Crippen molar-refractivity contribution in [1.82, 2.24) is 0 Å². The molecule has 0 spiro atoms. The van der Waals surface area contributed by atoms with Gasteiger partial charge in [0, 0.05) is 6.42 Å². The summed E-state index contributed by atoms with van der Waals surface area (Å²) in [6, 6.07) is 12.4. The summed E-state index contributed by atoms with van der Waals surface area (Å²) in [5, 5.41) is 9.78. The van der Waals surface area contributed by atoms with Gasteiger partial charge in [-0.15, -0.1) is 0 Å². The van der Waals surface area contributed by atoms with Gasteiger partial charge in [-0.25, -0.2) is 8.42 Å². The number of hydrogen-bond donors (Lipinski definition) is 1. The predicted octanol–water partition coefficient (Wildman–Crippen LogP) is 4.22. The number of anilines is 1. The third-order valence-electron chi connectivity index (χ3n) is 6.36. The van der Waals surface area contributed by atoms with Gasteiger partial charge in [-0.1, -0.05) is 29.8 Å². The molecular formula is C26H31NO6S. The zero-order chi connectivity index (χ0) is 24.3. The number of benzene rings is 2. The number of carbonyl (C=O) groups excluding carboxylic acids is 1. The molecule has 8 heteroatoms. The Bertz CT molecular complexity index is 1180. The number of ether oxygens (including phenoxy) is 2. The van der Waals surface area contributed by atoms with Crippen molar-refractivity contribution < 1.29 is 27.8 Å². The summed E-state index contributed by atoms with van der Waals surface area (Å²) in [5.74, 6) is 0.112. The minimum absolute atomic E-state index is 0.104. The molecule has 1 aliphatic heterocycles. The second-order valence-electron chi connectivity index (χ2n) is 8.97. The van der Waals surface area contributed by atoms with E-state index >= 15 is 0 Å². The van der Waals surface area contributed by atoms with Crippen LogP contribution in [0.25, 0.3) is 6.08 Å². The van der Waals surface area contributed by atoms with Gasteiger partial charge in [0.05, 0.1) is 30.3 Å². The zero-order valence-electron chi connectivity index (χ0n) is 19.6. The molecule has 182 valence electrons. The molecule has 1 fully saturated rings. The SMILES string of the molecule is COC(=O)CC[C@H]1CN(S(=O)(=O)c2cccc(C)c2)c2cc(C=C3CCC(O)CC3)ccc2O1. The molecule has 0 amide bonds. The maximum Gasteiger partial charge on any atom is 0.305 e. The molecular weight excluding hydrogens is 454 g/mol. The number of allylic oxidation sites excluding steroid dienone is 1. The number of esters is 1. The van der Waals surface area contributed by atoms with Crippen LogP contribution in [-0.2, 0) is 19.6 Å². The van der Waals surface area contributed by atoms with E-state index in [4.69, 9.17) is 9.47 Å². The second-order valence-corrected chi connectivity index (χ2v) is 10.8. The largest absolute Gasteiger partial charge is 0.486 e. The van der Waals surface area contributed by atoms with Crippen molar-refractivity contribution in [3.63, 3.8) is 0 Å². The Labute approximate surface area is 201 Å². The average Bonchev–Trinajstić information content (AvgIpc) is 2.83. The van der Waals surface area contributed by atoms with E-state index in [1.807, 2.05) is 25.1 Å². The number of aryl methyl sites for hydroxylation is 1. The molecule has 7 nitrogen and oxygen atoms in total. The number of nitrogens with zero attached hydrogens (tertiary/aromatic N) is 1. The number of methoxy groups -OCH3 is 1. The number of rotatable bonds is 6. The van der Waals surface area contributed by atoms with Crippen LogP contribution in [0.2, 0.25) is 0 Å². The van der Waals surface area contributed by atoms with Crippen LogP contribution in [0.3, 0.4) is 0 Å². The van der Waals surface area contributed by atoms with Crippen molar-refractivity contribution in [1.29, 1.82) is 0 Å². The van der Waals surface area contributed by atoms with E-state index in [1.54, 1.807) is 24.3 Å². The predicted molar refractivity (Wildman–Crippen MR) is 130 cm³/mol. The minimum Gasteiger partial charge on any atom is -0.486 e. The zero-order valence-corrected chi connectivity index (χ0v) is 20.4. The van der Waals surface area contributed by atoms with Crippen molar-refractivity contribution in [2.24, 2.45) is 0 Å². The highest BCUT2D eigenvalue weighted by molar-refractivity contribution is 7.92. The van der Waals surface area contributed by atoms with E-state index in [0.717, 1.165) is 36.8 Å². The Morgan fingerprint density at radius 3 is 2.68 bits per heavy atom. The summed E-state index contributed by atoms with van der Waals surface area (Å²) < 4.78 is 39.7. The molecule has 2 aliphatic rings. The molecule has 1 aliphatic carbocycles. The Balaban J connectivity index is 1.70. The summed E-state index contributed by atoms with van der Waals surface area (Å²) in [7, 11) is -2.52. The molecule has 34 heavy (non-hydrogen) atoms. The highest BCUT2D eigenvalue weighted by atomic mass is 32.2. The molecule has 2 aromatic rings. The van der Waals surface area contributed by atoms with Gasteiger partial charge >= 0.3 is 5.97 Å². The molecule has 0 bridgehead atoms. The van der Waals surface area contributed by atoms with Crippen molar-refractivity contribution in [3.8, 4) is 5.75 Å². The first-order valence-corrected chi connectivity index (χ1v) is 13.0. The van der Waals surface area contributed by atoms with E-state index in [0.29, 0.717) is 17.9 Å². The van der Waals surface area contributed by atoms with Crippen LogP contribution in [0.1, 0.15) is 49.7 Å². The molecule has 2 aromatic carbocycles. The summed E-state index contributed by atoms with van der Waals surface area (Å²) in [5.41, 5.74) is 3.48. The maximum atomic E-state index is 13.7. The van der Waals surface area contributed by atoms with E-state index in [9.17, 15) is 18.3 Å². The van der Waals surface area contributed by atoms with E-state index < -0.39 is 16.1 Å². The Morgan fingerprint density at radius 1 is 1.21 bits per heavy atom.